The molecule has 1 aromatic carbocycles. The summed E-state index contributed by atoms with van der Waals surface area (Å²) >= 11 is 0. The van der Waals surface area contributed by atoms with Crippen molar-refractivity contribution in [3.8, 4) is 0 Å². The van der Waals surface area contributed by atoms with Crippen LogP contribution in [0, 0.1) is 5.92 Å². The topological polar surface area (TPSA) is 29.9 Å². The van der Waals surface area contributed by atoms with E-state index in [9.17, 15) is 0 Å². The molecule has 17 heavy (non-hydrogen) atoms. The zero-order valence-electron chi connectivity index (χ0n) is 10.3. The van der Waals surface area contributed by atoms with Crippen LogP contribution < -0.4 is 5.32 Å². The summed E-state index contributed by atoms with van der Waals surface area (Å²) in [6, 6.07) is 6.54. The van der Waals surface area contributed by atoms with Gasteiger partial charge in [0.25, 0.3) is 0 Å². The predicted octanol–water partition coefficient (Wildman–Crippen LogP) is 2.12. The van der Waals surface area contributed by atoms with Gasteiger partial charge in [0.1, 0.15) is 0 Å². The highest BCUT2D eigenvalue weighted by Crippen LogP contribution is 2.23. The maximum atomic E-state index is 4.35. The van der Waals surface area contributed by atoms with E-state index >= 15 is 0 Å². The molecule has 2 heterocycles. The largest absolute Gasteiger partial charge is 0.316 e. The van der Waals surface area contributed by atoms with Crippen molar-refractivity contribution in [1.29, 1.82) is 0 Å². The first-order valence-corrected chi connectivity index (χ1v) is 6.45. The van der Waals surface area contributed by atoms with Crippen LogP contribution in [-0.4, -0.2) is 22.9 Å². The number of hydrogen-bond acceptors (Lipinski definition) is 2. The van der Waals surface area contributed by atoms with Gasteiger partial charge in [0.2, 0.25) is 0 Å². The van der Waals surface area contributed by atoms with E-state index in [0.717, 1.165) is 12.5 Å². The molecule has 3 heteroatoms. The molecule has 0 saturated carbocycles. The van der Waals surface area contributed by atoms with Gasteiger partial charge in [0, 0.05) is 12.4 Å². The van der Waals surface area contributed by atoms with Crippen molar-refractivity contribution in [2.75, 3.05) is 13.1 Å². The second kappa shape index (κ2) is 4.49. The summed E-state index contributed by atoms with van der Waals surface area (Å²) in [7, 11) is 2.03. The van der Waals surface area contributed by atoms with Crippen LogP contribution >= 0.6 is 0 Å². The molecule has 1 N–H and O–H groups in total. The van der Waals surface area contributed by atoms with E-state index in [1.165, 1.54) is 42.3 Å². The highest BCUT2D eigenvalue weighted by Gasteiger charge is 2.15. The number of para-hydroxylation sites is 1. The van der Waals surface area contributed by atoms with Crippen molar-refractivity contribution in [2.45, 2.75) is 19.3 Å². The van der Waals surface area contributed by atoms with E-state index in [-0.39, 0.29) is 0 Å². The van der Waals surface area contributed by atoms with Crippen molar-refractivity contribution >= 4 is 10.9 Å². The Morgan fingerprint density at radius 3 is 3.24 bits per heavy atom. The Labute approximate surface area is 102 Å². The van der Waals surface area contributed by atoms with Crippen LogP contribution in [0.2, 0.25) is 0 Å². The first-order valence-electron chi connectivity index (χ1n) is 6.45. The van der Waals surface area contributed by atoms with Crippen LogP contribution in [0.3, 0.4) is 0 Å². The second-order valence-electron chi connectivity index (χ2n) is 5.04. The number of piperidine rings is 1. The van der Waals surface area contributed by atoms with Crippen molar-refractivity contribution < 1.29 is 0 Å². The average Bonchev–Trinajstić information content (AvgIpc) is 2.74. The molecule has 0 radical (unpaired) electrons. The van der Waals surface area contributed by atoms with E-state index in [0.29, 0.717) is 0 Å². The third-order valence-corrected chi connectivity index (χ3v) is 3.75. The van der Waals surface area contributed by atoms with E-state index in [2.05, 4.69) is 28.6 Å². The molecule has 1 aromatic heterocycles. The minimum atomic E-state index is 0.782. The Morgan fingerprint density at radius 1 is 1.47 bits per heavy atom. The molecule has 1 unspecified atom stereocenters. The number of rotatable bonds is 2. The molecular weight excluding hydrogens is 210 g/mol. The molecule has 1 aliphatic heterocycles. The normalized spacial score (nSPS) is 20.9. The number of fused-ring (bicyclic) bond motifs is 1. The first kappa shape index (κ1) is 10.8. The van der Waals surface area contributed by atoms with Gasteiger partial charge in [-0.15, -0.1) is 0 Å². The first-order chi connectivity index (χ1) is 8.34. The molecule has 1 aliphatic rings. The predicted molar refractivity (Wildman–Crippen MR) is 70.0 cm³/mol. The standard InChI is InChI=1S/C14H19N3/c1-17-14-12(5-2-6-13(14)10-16-17)8-11-4-3-7-15-9-11/h2,5-6,10-11,15H,3-4,7-9H2,1H3. The highest BCUT2D eigenvalue weighted by atomic mass is 15.2. The fourth-order valence-electron chi connectivity index (χ4n) is 2.89. The maximum Gasteiger partial charge on any atom is 0.0711 e. The lowest BCUT2D eigenvalue weighted by atomic mass is 9.91. The number of benzene rings is 1. The summed E-state index contributed by atoms with van der Waals surface area (Å²) in [5.41, 5.74) is 2.74. The Bertz CT molecular complexity index is 509. The van der Waals surface area contributed by atoms with E-state index < -0.39 is 0 Å². The minimum Gasteiger partial charge on any atom is -0.316 e. The number of nitrogens with zero attached hydrogens (tertiary/aromatic N) is 2. The van der Waals surface area contributed by atoms with E-state index in [1.807, 2.05) is 17.9 Å². The van der Waals surface area contributed by atoms with Gasteiger partial charge in [-0.05, 0) is 43.8 Å². The van der Waals surface area contributed by atoms with Crippen molar-refractivity contribution in [3.05, 3.63) is 30.0 Å². The molecule has 1 atom stereocenters. The second-order valence-corrected chi connectivity index (χ2v) is 5.04. The minimum absolute atomic E-state index is 0.782. The summed E-state index contributed by atoms with van der Waals surface area (Å²) < 4.78 is 2.00. The summed E-state index contributed by atoms with van der Waals surface area (Å²) in [4.78, 5) is 0. The summed E-state index contributed by atoms with van der Waals surface area (Å²) in [5.74, 6) is 0.782. The van der Waals surface area contributed by atoms with Crippen LogP contribution in [-0.2, 0) is 13.5 Å². The van der Waals surface area contributed by atoms with Crippen molar-refractivity contribution in [1.82, 2.24) is 15.1 Å². The van der Waals surface area contributed by atoms with Crippen LogP contribution in [0.25, 0.3) is 10.9 Å². The number of hydrogen-bond donors (Lipinski definition) is 1. The molecular formula is C14H19N3. The molecule has 0 amide bonds. The van der Waals surface area contributed by atoms with E-state index in [1.54, 1.807) is 0 Å². The van der Waals surface area contributed by atoms with Crippen LogP contribution in [0.15, 0.2) is 24.4 Å². The van der Waals surface area contributed by atoms with Crippen LogP contribution in [0.5, 0.6) is 0 Å². The molecule has 1 fully saturated rings. The van der Waals surface area contributed by atoms with Crippen molar-refractivity contribution in [3.63, 3.8) is 0 Å². The van der Waals surface area contributed by atoms with Gasteiger partial charge in [-0.3, -0.25) is 4.68 Å². The fourth-order valence-corrected chi connectivity index (χ4v) is 2.89. The quantitative estimate of drug-likeness (QED) is 0.855. The molecule has 0 bridgehead atoms. The van der Waals surface area contributed by atoms with Crippen LogP contribution in [0.4, 0.5) is 0 Å². The molecule has 0 aliphatic carbocycles. The van der Waals surface area contributed by atoms with Gasteiger partial charge >= 0.3 is 0 Å². The lowest BCUT2D eigenvalue weighted by molar-refractivity contribution is 0.376. The Morgan fingerprint density at radius 2 is 2.41 bits per heavy atom. The zero-order valence-corrected chi connectivity index (χ0v) is 10.3. The third kappa shape index (κ3) is 2.07. The molecule has 2 aromatic rings. The third-order valence-electron chi connectivity index (χ3n) is 3.75. The van der Waals surface area contributed by atoms with Gasteiger partial charge in [-0.25, -0.2) is 0 Å². The van der Waals surface area contributed by atoms with Gasteiger partial charge in [0.15, 0.2) is 0 Å². The summed E-state index contributed by atoms with van der Waals surface area (Å²) in [6.45, 7) is 2.35. The molecule has 3 nitrogen and oxygen atoms in total. The maximum absolute atomic E-state index is 4.35. The van der Waals surface area contributed by atoms with Gasteiger partial charge in [-0.2, -0.15) is 5.10 Å². The van der Waals surface area contributed by atoms with Gasteiger partial charge in [0.05, 0.1) is 11.7 Å². The molecule has 1 saturated heterocycles. The molecule has 90 valence electrons. The number of nitrogens with one attached hydrogen (secondary N) is 1. The highest BCUT2D eigenvalue weighted by molar-refractivity contribution is 5.81. The monoisotopic (exact) mass is 229 g/mol. The van der Waals surface area contributed by atoms with Crippen molar-refractivity contribution in [2.24, 2.45) is 13.0 Å². The van der Waals surface area contributed by atoms with Gasteiger partial charge in [-0.1, -0.05) is 18.2 Å². The van der Waals surface area contributed by atoms with E-state index in [4.69, 9.17) is 0 Å². The number of aryl methyl sites for hydroxylation is 1. The Kier molecular flexibility index (Phi) is 2.85. The zero-order chi connectivity index (χ0) is 11.7. The fraction of sp³-hybridized carbons (Fsp3) is 0.500. The summed E-state index contributed by atoms with van der Waals surface area (Å²) in [6.07, 6.45) is 5.79. The average molecular weight is 229 g/mol. The Hall–Kier alpha value is -1.35. The Balaban J connectivity index is 1.91. The SMILES string of the molecule is Cn1ncc2cccc(CC3CCCNC3)c21. The summed E-state index contributed by atoms with van der Waals surface area (Å²) in [5, 5.41) is 9.10. The molecule has 3 rings (SSSR count). The smallest absolute Gasteiger partial charge is 0.0711 e. The van der Waals surface area contributed by atoms with Crippen LogP contribution in [0.1, 0.15) is 18.4 Å². The lowest BCUT2D eigenvalue weighted by Gasteiger charge is -2.23. The lowest BCUT2D eigenvalue weighted by Crippen LogP contribution is -2.30. The van der Waals surface area contributed by atoms with Gasteiger partial charge < -0.3 is 5.32 Å². The molecule has 0 spiro atoms. The number of aromatic nitrogens is 2.